The number of aliphatic hydroxyl groups excluding tert-OH is 2. The van der Waals surface area contributed by atoms with Crippen molar-refractivity contribution in [3.8, 4) is 0 Å². The molecule has 1 rings (SSSR count). The lowest BCUT2D eigenvalue weighted by Crippen LogP contribution is -2.33. The Morgan fingerprint density at radius 3 is 2.82 bits per heavy atom. The van der Waals surface area contributed by atoms with E-state index in [0.29, 0.717) is 12.6 Å². The Hall–Kier alpha value is -0.160. The molecule has 4 heteroatoms. The topological polar surface area (TPSA) is 56.2 Å². The Kier molecular flexibility index (Phi) is 3.26. The summed E-state index contributed by atoms with van der Waals surface area (Å²) in [5.41, 5.74) is 0. The highest BCUT2D eigenvalue weighted by atomic mass is 16.6. The van der Waals surface area contributed by atoms with Crippen LogP contribution in [-0.2, 0) is 4.74 Å². The summed E-state index contributed by atoms with van der Waals surface area (Å²) in [7, 11) is 1.90. The van der Waals surface area contributed by atoms with Crippen molar-refractivity contribution >= 4 is 0 Å². The zero-order valence-electron chi connectivity index (χ0n) is 6.73. The maximum atomic E-state index is 9.03. The first-order chi connectivity index (χ1) is 5.22. The number of hydrogen-bond donors (Lipinski definition) is 2. The van der Waals surface area contributed by atoms with Crippen LogP contribution in [0, 0.1) is 0 Å². The first-order valence-corrected chi connectivity index (χ1v) is 3.81. The van der Waals surface area contributed by atoms with Crippen molar-refractivity contribution in [2.75, 3.05) is 33.4 Å². The normalized spacial score (nSPS) is 25.6. The molecular weight excluding hydrogens is 146 g/mol. The van der Waals surface area contributed by atoms with Crippen molar-refractivity contribution in [2.45, 2.75) is 12.2 Å². The van der Waals surface area contributed by atoms with Gasteiger partial charge < -0.3 is 19.8 Å². The van der Waals surface area contributed by atoms with Gasteiger partial charge in [-0.2, -0.15) is 0 Å². The van der Waals surface area contributed by atoms with Gasteiger partial charge in [0.1, 0.15) is 0 Å². The Labute approximate surface area is 66.4 Å². The maximum absolute atomic E-state index is 9.03. The van der Waals surface area contributed by atoms with Crippen LogP contribution in [0.2, 0.25) is 0 Å². The molecule has 1 saturated heterocycles. The average Bonchev–Trinajstić information content (AvgIpc) is 2.71. The Morgan fingerprint density at radius 2 is 2.36 bits per heavy atom. The molecule has 0 amide bonds. The van der Waals surface area contributed by atoms with Crippen LogP contribution in [0.5, 0.6) is 0 Å². The van der Waals surface area contributed by atoms with Crippen molar-refractivity contribution < 1.29 is 14.9 Å². The van der Waals surface area contributed by atoms with Gasteiger partial charge in [-0.3, -0.25) is 0 Å². The lowest BCUT2D eigenvalue weighted by Gasteiger charge is -2.17. The SMILES string of the molecule is CN(CC(O)CO)CC1CO1. The van der Waals surface area contributed by atoms with Crippen molar-refractivity contribution in [3.63, 3.8) is 0 Å². The van der Waals surface area contributed by atoms with Gasteiger partial charge in [-0.15, -0.1) is 0 Å². The van der Waals surface area contributed by atoms with Gasteiger partial charge >= 0.3 is 0 Å². The Bertz CT molecular complexity index is 116. The predicted molar refractivity (Wildman–Crippen MR) is 40.3 cm³/mol. The van der Waals surface area contributed by atoms with E-state index in [0.717, 1.165) is 13.2 Å². The van der Waals surface area contributed by atoms with E-state index in [2.05, 4.69) is 0 Å². The van der Waals surface area contributed by atoms with Gasteiger partial charge in [0, 0.05) is 13.1 Å². The van der Waals surface area contributed by atoms with Crippen LogP contribution in [0.15, 0.2) is 0 Å². The van der Waals surface area contributed by atoms with Gasteiger partial charge in [-0.05, 0) is 7.05 Å². The van der Waals surface area contributed by atoms with Gasteiger partial charge in [0.05, 0.1) is 25.4 Å². The molecule has 0 aliphatic carbocycles. The first-order valence-electron chi connectivity index (χ1n) is 3.81. The number of ether oxygens (including phenoxy) is 1. The van der Waals surface area contributed by atoms with Crippen LogP contribution < -0.4 is 0 Å². The molecule has 11 heavy (non-hydrogen) atoms. The minimum atomic E-state index is -0.626. The summed E-state index contributed by atoms with van der Waals surface area (Å²) in [5.74, 6) is 0. The third-order valence-electron chi connectivity index (χ3n) is 1.65. The predicted octanol–water partition coefficient (Wildman–Crippen LogP) is -1.33. The summed E-state index contributed by atoms with van der Waals surface area (Å²) >= 11 is 0. The monoisotopic (exact) mass is 161 g/mol. The van der Waals surface area contributed by atoms with Gasteiger partial charge in [0.2, 0.25) is 0 Å². The first kappa shape index (κ1) is 8.93. The second-order valence-corrected chi connectivity index (χ2v) is 3.01. The minimum absolute atomic E-state index is 0.171. The van der Waals surface area contributed by atoms with Gasteiger partial charge in [-0.1, -0.05) is 0 Å². The van der Waals surface area contributed by atoms with Crippen LogP contribution in [0.3, 0.4) is 0 Å². The number of nitrogens with zero attached hydrogens (tertiary/aromatic N) is 1. The highest BCUT2D eigenvalue weighted by Gasteiger charge is 2.24. The lowest BCUT2D eigenvalue weighted by atomic mass is 10.3. The lowest BCUT2D eigenvalue weighted by molar-refractivity contribution is 0.0649. The zero-order chi connectivity index (χ0) is 8.27. The van der Waals surface area contributed by atoms with E-state index < -0.39 is 6.10 Å². The molecule has 2 atom stereocenters. The second-order valence-electron chi connectivity index (χ2n) is 3.01. The second kappa shape index (κ2) is 4.01. The number of rotatable bonds is 5. The summed E-state index contributed by atoms with van der Waals surface area (Å²) in [6, 6.07) is 0. The van der Waals surface area contributed by atoms with E-state index in [1.807, 2.05) is 11.9 Å². The summed E-state index contributed by atoms with van der Waals surface area (Å²) in [6.07, 6.45) is -0.273. The maximum Gasteiger partial charge on any atom is 0.0936 e. The Morgan fingerprint density at radius 1 is 1.73 bits per heavy atom. The van der Waals surface area contributed by atoms with E-state index in [1.54, 1.807) is 0 Å². The molecule has 0 saturated carbocycles. The standard InChI is InChI=1S/C7H15NO3/c1-8(2-6(10)4-9)3-7-5-11-7/h6-7,9-10H,2-5H2,1H3. The fourth-order valence-corrected chi connectivity index (χ4v) is 1.01. The largest absolute Gasteiger partial charge is 0.394 e. The third kappa shape index (κ3) is 3.67. The smallest absolute Gasteiger partial charge is 0.0936 e. The molecule has 0 aromatic heterocycles. The van der Waals surface area contributed by atoms with Crippen LogP contribution in [0.4, 0.5) is 0 Å². The number of likely N-dealkylation sites (N-methyl/N-ethyl adjacent to an activating group) is 1. The molecule has 0 aromatic rings. The van der Waals surface area contributed by atoms with E-state index in [4.69, 9.17) is 14.9 Å². The van der Waals surface area contributed by atoms with Crippen molar-refractivity contribution in [1.29, 1.82) is 0 Å². The summed E-state index contributed by atoms with van der Waals surface area (Å²) in [5, 5.41) is 17.6. The summed E-state index contributed by atoms with van der Waals surface area (Å²) in [4.78, 5) is 1.96. The molecule has 2 unspecified atom stereocenters. The number of aliphatic hydroxyl groups is 2. The van der Waals surface area contributed by atoms with Crippen LogP contribution in [0.25, 0.3) is 0 Å². The molecule has 66 valence electrons. The van der Waals surface area contributed by atoms with E-state index in [1.165, 1.54) is 0 Å². The zero-order valence-corrected chi connectivity index (χ0v) is 6.73. The molecule has 0 aromatic carbocycles. The fourth-order valence-electron chi connectivity index (χ4n) is 1.01. The average molecular weight is 161 g/mol. The van der Waals surface area contributed by atoms with Gasteiger partial charge in [0.15, 0.2) is 0 Å². The molecule has 1 heterocycles. The fraction of sp³-hybridized carbons (Fsp3) is 1.00. The molecule has 4 nitrogen and oxygen atoms in total. The molecule has 2 N–H and O–H groups in total. The van der Waals surface area contributed by atoms with Crippen molar-refractivity contribution in [1.82, 2.24) is 4.90 Å². The van der Waals surface area contributed by atoms with E-state index >= 15 is 0 Å². The molecule has 1 fully saturated rings. The van der Waals surface area contributed by atoms with Crippen LogP contribution in [-0.4, -0.2) is 60.7 Å². The minimum Gasteiger partial charge on any atom is -0.394 e. The molecular formula is C7H15NO3. The quantitative estimate of drug-likeness (QED) is 0.491. The highest BCUT2D eigenvalue weighted by Crippen LogP contribution is 2.09. The summed E-state index contributed by atoms with van der Waals surface area (Å²) in [6.45, 7) is 2.02. The molecule has 0 bridgehead atoms. The summed E-state index contributed by atoms with van der Waals surface area (Å²) < 4.78 is 5.01. The van der Waals surface area contributed by atoms with Gasteiger partial charge in [0.25, 0.3) is 0 Å². The molecule has 0 spiro atoms. The van der Waals surface area contributed by atoms with E-state index in [9.17, 15) is 0 Å². The van der Waals surface area contributed by atoms with Crippen molar-refractivity contribution in [2.24, 2.45) is 0 Å². The number of epoxide rings is 1. The van der Waals surface area contributed by atoms with Gasteiger partial charge in [-0.25, -0.2) is 0 Å². The van der Waals surface area contributed by atoms with E-state index in [-0.39, 0.29) is 6.61 Å². The van der Waals surface area contributed by atoms with Crippen LogP contribution >= 0.6 is 0 Å². The number of hydrogen-bond acceptors (Lipinski definition) is 4. The van der Waals surface area contributed by atoms with Crippen LogP contribution in [0.1, 0.15) is 0 Å². The third-order valence-corrected chi connectivity index (χ3v) is 1.65. The molecule has 0 radical (unpaired) electrons. The molecule has 1 aliphatic heterocycles. The Balaban J connectivity index is 2.03. The molecule has 1 aliphatic rings. The highest BCUT2D eigenvalue weighted by molar-refractivity contribution is 4.73. The van der Waals surface area contributed by atoms with Crippen molar-refractivity contribution in [3.05, 3.63) is 0 Å².